The lowest BCUT2D eigenvalue weighted by Gasteiger charge is -2.32. The fraction of sp³-hybridized carbons (Fsp3) is 0.320. The summed E-state index contributed by atoms with van der Waals surface area (Å²) in [5.74, 6) is 0.0680. The first-order valence-electron chi connectivity index (χ1n) is 10.7. The second-order valence-electron chi connectivity index (χ2n) is 8.13. The van der Waals surface area contributed by atoms with Crippen LogP contribution < -0.4 is 5.32 Å². The van der Waals surface area contributed by atoms with Crippen molar-refractivity contribution >= 4 is 23.2 Å². The number of hydrogen-bond donors (Lipinski definition) is 1. The Morgan fingerprint density at radius 2 is 1.77 bits per heavy atom. The number of rotatable bonds is 5. The van der Waals surface area contributed by atoms with Crippen LogP contribution in [0.4, 0.5) is 0 Å². The lowest BCUT2D eigenvalue weighted by Crippen LogP contribution is -2.47. The van der Waals surface area contributed by atoms with Gasteiger partial charge >= 0.3 is 0 Å². The smallest absolute Gasteiger partial charge is 0.251 e. The molecule has 4 rings (SSSR count). The first-order chi connectivity index (χ1) is 15.0. The van der Waals surface area contributed by atoms with Crippen LogP contribution in [0.25, 0.3) is 10.6 Å². The number of carbonyl (C=O) groups excluding carboxylic acids is 2. The molecule has 6 heteroatoms. The summed E-state index contributed by atoms with van der Waals surface area (Å²) < 4.78 is 0. The van der Waals surface area contributed by atoms with Crippen molar-refractivity contribution in [2.24, 2.45) is 0 Å². The van der Waals surface area contributed by atoms with Crippen LogP contribution in [0.5, 0.6) is 0 Å². The van der Waals surface area contributed by atoms with Crippen molar-refractivity contribution in [3.63, 3.8) is 0 Å². The number of aryl methyl sites for hydroxylation is 2. The van der Waals surface area contributed by atoms with Crippen molar-refractivity contribution in [1.29, 1.82) is 0 Å². The highest BCUT2D eigenvalue weighted by Crippen LogP contribution is 2.24. The molecule has 160 valence electrons. The molecule has 1 saturated heterocycles. The summed E-state index contributed by atoms with van der Waals surface area (Å²) in [5, 5.41) is 6.04. The van der Waals surface area contributed by atoms with Gasteiger partial charge in [-0.25, -0.2) is 4.98 Å². The van der Waals surface area contributed by atoms with Gasteiger partial charge in [0.2, 0.25) is 5.91 Å². The Balaban J connectivity index is 1.28. The average Bonchev–Trinajstić information content (AvgIpc) is 3.23. The van der Waals surface area contributed by atoms with Crippen LogP contribution >= 0.6 is 11.3 Å². The van der Waals surface area contributed by atoms with Crippen molar-refractivity contribution < 1.29 is 9.59 Å². The molecule has 0 radical (unpaired) electrons. The van der Waals surface area contributed by atoms with E-state index >= 15 is 0 Å². The summed E-state index contributed by atoms with van der Waals surface area (Å²) in [5.41, 5.74) is 4.81. The number of likely N-dealkylation sites (tertiary alicyclic amines) is 1. The van der Waals surface area contributed by atoms with E-state index in [9.17, 15) is 9.59 Å². The Morgan fingerprint density at radius 3 is 2.48 bits per heavy atom. The number of nitrogens with one attached hydrogen (secondary N) is 1. The maximum absolute atomic E-state index is 12.8. The number of hydrogen-bond acceptors (Lipinski definition) is 4. The summed E-state index contributed by atoms with van der Waals surface area (Å²) in [7, 11) is 0. The number of thiazole rings is 1. The van der Waals surface area contributed by atoms with Crippen molar-refractivity contribution in [1.82, 2.24) is 15.2 Å². The predicted molar refractivity (Wildman–Crippen MR) is 124 cm³/mol. The van der Waals surface area contributed by atoms with Crippen LogP contribution in [-0.4, -0.2) is 40.8 Å². The summed E-state index contributed by atoms with van der Waals surface area (Å²) >= 11 is 1.57. The molecule has 1 aromatic heterocycles. The van der Waals surface area contributed by atoms with Gasteiger partial charge in [-0.15, -0.1) is 11.3 Å². The van der Waals surface area contributed by atoms with Gasteiger partial charge in [0.05, 0.1) is 12.1 Å². The molecule has 1 fully saturated rings. The minimum absolute atomic E-state index is 0.0333. The van der Waals surface area contributed by atoms with E-state index in [4.69, 9.17) is 0 Å². The highest BCUT2D eigenvalue weighted by molar-refractivity contribution is 7.13. The van der Waals surface area contributed by atoms with Crippen molar-refractivity contribution in [3.05, 3.63) is 76.3 Å². The fourth-order valence-corrected chi connectivity index (χ4v) is 4.67. The number of nitrogens with zero attached hydrogens (tertiary/aromatic N) is 2. The van der Waals surface area contributed by atoms with Gasteiger partial charge in [0.15, 0.2) is 0 Å². The lowest BCUT2D eigenvalue weighted by atomic mass is 10.0. The SMILES string of the molecule is Cc1ccc(-c2nc(CC(=O)N3CCC(NC(=O)c4ccccc4C)CC3)cs2)cc1. The summed E-state index contributed by atoms with van der Waals surface area (Å²) in [6.45, 7) is 5.32. The number of aromatic nitrogens is 1. The number of carbonyl (C=O) groups is 2. The van der Waals surface area contributed by atoms with E-state index < -0.39 is 0 Å². The number of amides is 2. The average molecular weight is 434 g/mol. The van der Waals surface area contributed by atoms with Crippen LogP contribution in [0.1, 0.15) is 40.0 Å². The van der Waals surface area contributed by atoms with Crippen LogP contribution in [0.15, 0.2) is 53.9 Å². The van der Waals surface area contributed by atoms with Gasteiger partial charge in [0.25, 0.3) is 5.91 Å². The van der Waals surface area contributed by atoms with Gasteiger partial charge in [0.1, 0.15) is 5.01 Å². The third-order valence-electron chi connectivity index (χ3n) is 5.76. The first kappa shape index (κ1) is 21.2. The Labute approximate surface area is 187 Å². The molecule has 5 nitrogen and oxygen atoms in total. The molecule has 1 aliphatic heterocycles. The molecule has 1 aliphatic rings. The summed E-state index contributed by atoms with van der Waals surface area (Å²) in [6, 6.07) is 16.0. The molecule has 0 unspecified atom stereocenters. The van der Waals surface area contributed by atoms with Crippen LogP contribution in [0.3, 0.4) is 0 Å². The van der Waals surface area contributed by atoms with Crippen molar-refractivity contribution in [2.45, 2.75) is 39.2 Å². The van der Waals surface area contributed by atoms with E-state index in [0.29, 0.717) is 25.1 Å². The van der Waals surface area contributed by atoms with Gasteiger partial charge in [-0.3, -0.25) is 9.59 Å². The minimum Gasteiger partial charge on any atom is -0.349 e. The van der Waals surface area contributed by atoms with E-state index in [1.165, 1.54) is 5.56 Å². The summed E-state index contributed by atoms with van der Waals surface area (Å²) in [4.78, 5) is 31.8. The molecule has 31 heavy (non-hydrogen) atoms. The molecule has 2 amide bonds. The predicted octanol–water partition coefficient (Wildman–Crippen LogP) is 4.39. The van der Waals surface area contributed by atoms with E-state index in [-0.39, 0.29) is 17.9 Å². The third-order valence-corrected chi connectivity index (χ3v) is 6.70. The van der Waals surface area contributed by atoms with Gasteiger partial charge in [-0.1, -0.05) is 48.0 Å². The van der Waals surface area contributed by atoms with E-state index in [2.05, 4.69) is 41.5 Å². The lowest BCUT2D eigenvalue weighted by molar-refractivity contribution is -0.131. The molecule has 0 spiro atoms. The monoisotopic (exact) mass is 433 g/mol. The first-order valence-corrected chi connectivity index (χ1v) is 11.5. The van der Waals surface area contributed by atoms with Crippen molar-refractivity contribution in [2.75, 3.05) is 13.1 Å². The van der Waals surface area contributed by atoms with E-state index in [0.717, 1.165) is 34.7 Å². The molecular formula is C25H27N3O2S. The van der Waals surface area contributed by atoms with Gasteiger partial charge in [-0.2, -0.15) is 0 Å². The molecule has 2 aromatic carbocycles. The highest BCUT2D eigenvalue weighted by atomic mass is 32.1. The molecule has 0 bridgehead atoms. The Bertz CT molecular complexity index is 1070. The fourth-order valence-electron chi connectivity index (χ4n) is 3.85. The third kappa shape index (κ3) is 5.20. The van der Waals surface area contributed by atoms with E-state index in [1.54, 1.807) is 11.3 Å². The second kappa shape index (κ2) is 9.43. The van der Waals surface area contributed by atoms with Crippen LogP contribution in [0, 0.1) is 13.8 Å². The standard InChI is InChI=1S/C25H27N3O2S/c1-17-7-9-19(10-8-17)25-27-21(16-31-25)15-23(29)28-13-11-20(12-14-28)26-24(30)22-6-4-3-5-18(22)2/h3-10,16,20H,11-15H2,1-2H3,(H,26,30). The zero-order chi connectivity index (χ0) is 21.8. The Kier molecular flexibility index (Phi) is 6.47. The summed E-state index contributed by atoms with van der Waals surface area (Å²) in [6.07, 6.45) is 1.87. The molecule has 3 aromatic rings. The van der Waals surface area contributed by atoms with Crippen molar-refractivity contribution in [3.8, 4) is 10.6 Å². The molecule has 0 saturated carbocycles. The number of piperidine rings is 1. The van der Waals surface area contributed by atoms with E-state index in [1.807, 2.05) is 41.5 Å². The van der Waals surface area contributed by atoms with Crippen LogP contribution in [0.2, 0.25) is 0 Å². The topological polar surface area (TPSA) is 62.3 Å². The molecular weight excluding hydrogens is 406 g/mol. The van der Waals surface area contributed by atoms with Crippen LogP contribution in [-0.2, 0) is 11.2 Å². The van der Waals surface area contributed by atoms with Gasteiger partial charge < -0.3 is 10.2 Å². The minimum atomic E-state index is -0.0333. The Hall–Kier alpha value is -2.99. The molecule has 1 N–H and O–H groups in total. The quantitative estimate of drug-likeness (QED) is 0.649. The maximum Gasteiger partial charge on any atom is 0.251 e. The largest absolute Gasteiger partial charge is 0.349 e. The Morgan fingerprint density at radius 1 is 1.06 bits per heavy atom. The molecule has 0 aliphatic carbocycles. The highest BCUT2D eigenvalue weighted by Gasteiger charge is 2.25. The van der Waals surface area contributed by atoms with Gasteiger partial charge in [0, 0.05) is 35.6 Å². The zero-order valence-electron chi connectivity index (χ0n) is 17.9. The number of benzene rings is 2. The normalized spacial score (nSPS) is 14.5. The van der Waals surface area contributed by atoms with Gasteiger partial charge in [-0.05, 0) is 38.3 Å². The molecule has 2 heterocycles. The zero-order valence-corrected chi connectivity index (χ0v) is 18.7. The maximum atomic E-state index is 12.8. The second-order valence-corrected chi connectivity index (χ2v) is 8.99. The molecule has 0 atom stereocenters.